The fourth-order valence-electron chi connectivity index (χ4n) is 5.36. The zero-order valence-corrected chi connectivity index (χ0v) is 21.4. The van der Waals surface area contributed by atoms with Crippen molar-refractivity contribution in [2.75, 3.05) is 4.90 Å². The summed E-state index contributed by atoms with van der Waals surface area (Å²) in [6.45, 7) is 0. The van der Waals surface area contributed by atoms with Crippen LogP contribution in [0.5, 0.6) is 0 Å². The summed E-state index contributed by atoms with van der Waals surface area (Å²) in [5.41, 5.74) is 3.27. The van der Waals surface area contributed by atoms with E-state index in [4.69, 9.17) is 4.98 Å². The number of fused-ring (bicyclic) bond motifs is 8. The number of thiazole rings is 1. The molecule has 2 heterocycles. The maximum atomic E-state index is 5.17. The number of rotatable bonds is 3. The monoisotopic (exact) mass is 508 g/mol. The molecule has 8 aromatic rings. The highest BCUT2D eigenvalue weighted by Crippen LogP contribution is 2.44. The van der Waals surface area contributed by atoms with E-state index >= 15 is 0 Å². The lowest BCUT2D eigenvalue weighted by Crippen LogP contribution is -2.09. The number of anilines is 3. The van der Waals surface area contributed by atoms with Crippen LogP contribution in [0.2, 0.25) is 0 Å². The molecule has 0 aliphatic heterocycles. The summed E-state index contributed by atoms with van der Waals surface area (Å²) in [5.74, 6) is 0. The first kappa shape index (κ1) is 20.9. The van der Waals surface area contributed by atoms with E-state index in [-0.39, 0.29) is 0 Å². The standard InChI is InChI=1S/C33H20N2S2/c1-2-9-22(10-3-1)35(23-15-17-27-26-12-6-7-13-30(26)36-31(27)20-23)33-34-29-19-18-25-24-11-5-4-8-21(24)14-16-28(25)32(29)37-33/h1-20H. The summed E-state index contributed by atoms with van der Waals surface area (Å²) < 4.78 is 3.83. The van der Waals surface area contributed by atoms with Gasteiger partial charge in [-0.2, -0.15) is 0 Å². The molecule has 0 bridgehead atoms. The molecule has 174 valence electrons. The van der Waals surface area contributed by atoms with Gasteiger partial charge < -0.3 is 0 Å². The number of aromatic nitrogens is 1. The smallest absolute Gasteiger partial charge is 0.195 e. The largest absolute Gasteiger partial charge is 0.286 e. The summed E-state index contributed by atoms with van der Waals surface area (Å²) in [4.78, 5) is 7.46. The molecule has 0 N–H and O–H groups in total. The Labute approximate surface area is 221 Å². The van der Waals surface area contributed by atoms with Gasteiger partial charge >= 0.3 is 0 Å². The third-order valence-corrected chi connectivity index (χ3v) is 9.31. The van der Waals surface area contributed by atoms with Crippen molar-refractivity contribution in [1.82, 2.24) is 4.98 Å². The average Bonchev–Trinajstić information content (AvgIpc) is 3.55. The molecule has 2 aromatic heterocycles. The summed E-state index contributed by atoms with van der Waals surface area (Å²) in [7, 11) is 0. The minimum absolute atomic E-state index is 0.974. The summed E-state index contributed by atoms with van der Waals surface area (Å²) in [5, 5.41) is 8.68. The fourth-order valence-corrected chi connectivity index (χ4v) is 7.63. The quantitative estimate of drug-likeness (QED) is 0.221. The lowest BCUT2D eigenvalue weighted by molar-refractivity contribution is 1.26. The second kappa shape index (κ2) is 8.13. The number of nitrogens with zero attached hydrogens (tertiary/aromatic N) is 2. The minimum Gasteiger partial charge on any atom is -0.286 e. The molecule has 8 rings (SSSR count). The Balaban J connectivity index is 1.36. The highest BCUT2D eigenvalue weighted by Gasteiger charge is 2.19. The van der Waals surface area contributed by atoms with E-state index in [1.165, 1.54) is 46.4 Å². The number of hydrogen-bond donors (Lipinski definition) is 0. The highest BCUT2D eigenvalue weighted by molar-refractivity contribution is 7.26. The van der Waals surface area contributed by atoms with Gasteiger partial charge in [0.05, 0.1) is 10.2 Å². The Kier molecular flexibility index (Phi) is 4.59. The van der Waals surface area contributed by atoms with Crippen molar-refractivity contribution in [2.24, 2.45) is 0 Å². The molecule has 6 aromatic carbocycles. The Morgan fingerprint density at radius 2 is 1.22 bits per heavy atom. The van der Waals surface area contributed by atoms with Crippen LogP contribution in [0.4, 0.5) is 16.5 Å². The van der Waals surface area contributed by atoms with Crippen molar-refractivity contribution in [3.8, 4) is 0 Å². The number of hydrogen-bond acceptors (Lipinski definition) is 4. The Bertz CT molecular complexity index is 2100. The zero-order valence-electron chi connectivity index (χ0n) is 19.8. The molecule has 2 nitrogen and oxygen atoms in total. The molecule has 0 fully saturated rings. The molecule has 0 amide bonds. The third-order valence-electron chi connectivity index (χ3n) is 7.09. The topological polar surface area (TPSA) is 16.1 Å². The summed E-state index contributed by atoms with van der Waals surface area (Å²) in [6, 6.07) is 43.5. The molecule has 4 heteroatoms. The number of para-hydroxylation sites is 1. The van der Waals surface area contributed by atoms with Gasteiger partial charge in [-0.15, -0.1) is 11.3 Å². The van der Waals surface area contributed by atoms with Crippen LogP contribution in [0.3, 0.4) is 0 Å². The second-order valence-electron chi connectivity index (χ2n) is 9.24. The summed E-state index contributed by atoms with van der Waals surface area (Å²) >= 11 is 3.61. The van der Waals surface area contributed by atoms with Crippen molar-refractivity contribution in [2.45, 2.75) is 0 Å². The maximum absolute atomic E-state index is 5.17. The van der Waals surface area contributed by atoms with E-state index in [0.717, 1.165) is 22.0 Å². The second-order valence-corrected chi connectivity index (χ2v) is 11.3. The fraction of sp³-hybridized carbons (Fsp3) is 0. The number of benzene rings is 6. The van der Waals surface area contributed by atoms with Crippen LogP contribution >= 0.6 is 22.7 Å². The van der Waals surface area contributed by atoms with E-state index in [0.29, 0.717) is 0 Å². The third kappa shape index (κ3) is 3.27. The zero-order chi connectivity index (χ0) is 24.3. The first-order valence-corrected chi connectivity index (χ1v) is 13.9. The molecule has 0 aliphatic rings. The molecule has 0 unspecified atom stereocenters. The molecular formula is C33H20N2S2. The van der Waals surface area contributed by atoms with Crippen LogP contribution in [0.1, 0.15) is 0 Å². The van der Waals surface area contributed by atoms with Gasteiger partial charge in [0.15, 0.2) is 5.13 Å². The van der Waals surface area contributed by atoms with E-state index in [1.807, 2.05) is 11.3 Å². The summed E-state index contributed by atoms with van der Waals surface area (Å²) in [6.07, 6.45) is 0. The van der Waals surface area contributed by atoms with Gasteiger partial charge in [0, 0.05) is 36.9 Å². The van der Waals surface area contributed by atoms with Crippen molar-refractivity contribution < 1.29 is 0 Å². The van der Waals surface area contributed by atoms with Crippen molar-refractivity contribution in [1.29, 1.82) is 0 Å². The molecule has 37 heavy (non-hydrogen) atoms. The van der Waals surface area contributed by atoms with Crippen molar-refractivity contribution in [3.05, 3.63) is 121 Å². The van der Waals surface area contributed by atoms with Crippen LogP contribution in [0.15, 0.2) is 121 Å². The van der Waals surface area contributed by atoms with Crippen LogP contribution < -0.4 is 4.90 Å². The molecule has 0 spiro atoms. The van der Waals surface area contributed by atoms with E-state index < -0.39 is 0 Å². The molecule has 0 saturated heterocycles. The first-order valence-electron chi connectivity index (χ1n) is 12.3. The molecule has 0 radical (unpaired) electrons. The van der Waals surface area contributed by atoms with Crippen molar-refractivity contribution in [3.63, 3.8) is 0 Å². The Hall–Kier alpha value is -4.25. The highest BCUT2D eigenvalue weighted by atomic mass is 32.1. The molecule has 0 aliphatic carbocycles. The van der Waals surface area contributed by atoms with Gasteiger partial charge in [0.1, 0.15) is 0 Å². The van der Waals surface area contributed by atoms with Crippen LogP contribution in [0, 0.1) is 0 Å². The Morgan fingerprint density at radius 3 is 2.14 bits per heavy atom. The van der Waals surface area contributed by atoms with Gasteiger partial charge in [-0.1, -0.05) is 96.3 Å². The van der Waals surface area contributed by atoms with E-state index in [2.05, 4.69) is 126 Å². The van der Waals surface area contributed by atoms with Gasteiger partial charge in [-0.25, -0.2) is 4.98 Å². The predicted molar refractivity (Wildman–Crippen MR) is 162 cm³/mol. The lowest BCUT2D eigenvalue weighted by atomic mass is 10.0. The number of thiophene rings is 1. The van der Waals surface area contributed by atoms with Crippen LogP contribution in [0.25, 0.3) is 51.9 Å². The Morgan fingerprint density at radius 1 is 0.486 bits per heavy atom. The average molecular weight is 509 g/mol. The van der Waals surface area contributed by atoms with E-state index in [1.54, 1.807) is 11.3 Å². The van der Waals surface area contributed by atoms with Crippen LogP contribution in [-0.4, -0.2) is 4.98 Å². The van der Waals surface area contributed by atoms with Gasteiger partial charge in [-0.3, -0.25) is 4.90 Å². The predicted octanol–water partition coefficient (Wildman–Crippen LogP) is 10.4. The van der Waals surface area contributed by atoms with E-state index in [9.17, 15) is 0 Å². The minimum atomic E-state index is 0.974. The maximum Gasteiger partial charge on any atom is 0.195 e. The normalized spacial score (nSPS) is 11.8. The molecule has 0 saturated carbocycles. The van der Waals surface area contributed by atoms with Crippen LogP contribution in [-0.2, 0) is 0 Å². The first-order chi connectivity index (χ1) is 18.3. The van der Waals surface area contributed by atoms with Gasteiger partial charge in [0.25, 0.3) is 0 Å². The van der Waals surface area contributed by atoms with Gasteiger partial charge in [0.2, 0.25) is 0 Å². The molecular weight excluding hydrogens is 489 g/mol. The van der Waals surface area contributed by atoms with Crippen molar-refractivity contribution >= 4 is 91.1 Å². The molecule has 0 atom stereocenters. The van der Waals surface area contributed by atoms with Gasteiger partial charge in [-0.05, 0) is 52.6 Å². The SMILES string of the molecule is c1ccc(N(c2ccc3c(c2)sc2ccccc23)c2nc3ccc4c5ccccc5ccc4c3s2)cc1. The lowest BCUT2D eigenvalue weighted by Gasteiger charge is -2.22.